The summed E-state index contributed by atoms with van der Waals surface area (Å²) < 4.78 is 2.64. The predicted octanol–water partition coefficient (Wildman–Crippen LogP) is 5.11. The topological polar surface area (TPSA) is 80.0 Å². The number of phenols is 1. The Morgan fingerprint density at radius 3 is 2.57 bits per heavy atom. The second kappa shape index (κ2) is 6.81. The number of carbonyl (C=O) groups excluding carboxylic acids is 1. The Kier molecular flexibility index (Phi) is 4.55. The smallest absolute Gasteiger partial charge is 0.230 e. The Balaban J connectivity index is 1.47. The van der Waals surface area contributed by atoms with Crippen LogP contribution in [0.3, 0.4) is 0 Å². The van der Waals surface area contributed by atoms with E-state index in [4.69, 9.17) is 0 Å². The Labute approximate surface area is 185 Å². The molecule has 0 aliphatic heterocycles. The summed E-state index contributed by atoms with van der Waals surface area (Å²) in [5.74, 6) is 1.74. The molecule has 0 spiro atoms. The van der Waals surface area contributed by atoms with Gasteiger partial charge in [0.05, 0.1) is 11.0 Å². The molecule has 4 aliphatic carbocycles. The minimum atomic E-state index is -0.356. The maximum Gasteiger partial charge on any atom is 0.230 e. The molecule has 1 aromatic carbocycles. The highest BCUT2D eigenvalue weighted by molar-refractivity contribution is 9.10. The van der Waals surface area contributed by atoms with Crippen molar-refractivity contribution < 1.29 is 9.90 Å². The summed E-state index contributed by atoms with van der Waals surface area (Å²) in [5.41, 5.74) is 2.11. The second-order valence-electron chi connectivity index (χ2n) is 10.3. The van der Waals surface area contributed by atoms with E-state index < -0.39 is 0 Å². The molecule has 4 bridgehead atoms. The SMILES string of the molecule is Cc1cc(O)c(C(C)C)cc1NC(=O)C12C[C@H]3C[C@@H](C1)CC(n1cnc(Br)n1)(C3)C2. The van der Waals surface area contributed by atoms with Gasteiger partial charge in [-0.15, -0.1) is 5.10 Å². The first-order valence-electron chi connectivity index (χ1n) is 10.9. The lowest BCUT2D eigenvalue weighted by Gasteiger charge is -2.60. The number of nitrogens with zero attached hydrogens (tertiary/aromatic N) is 3. The van der Waals surface area contributed by atoms with Gasteiger partial charge in [0.15, 0.2) is 0 Å². The van der Waals surface area contributed by atoms with Crippen LogP contribution in [-0.4, -0.2) is 25.8 Å². The highest BCUT2D eigenvalue weighted by Gasteiger charge is 2.61. The van der Waals surface area contributed by atoms with E-state index in [1.54, 1.807) is 6.07 Å². The van der Waals surface area contributed by atoms with E-state index in [0.29, 0.717) is 22.3 Å². The monoisotopic (exact) mass is 472 g/mol. The van der Waals surface area contributed by atoms with Crippen molar-refractivity contribution in [1.29, 1.82) is 0 Å². The van der Waals surface area contributed by atoms with Gasteiger partial charge in [0.2, 0.25) is 10.6 Å². The van der Waals surface area contributed by atoms with Gasteiger partial charge in [-0.3, -0.25) is 4.79 Å². The van der Waals surface area contributed by atoms with Crippen LogP contribution in [0, 0.1) is 24.2 Å². The Hall–Kier alpha value is -1.89. The first-order valence-corrected chi connectivity index (χ1v) is 11.7. The molecule has 4 atom stereocenters. The van der Waals surface area contributed by atoms with Crippen molar-refractivity contribution >= 4 is 27.5 Å². The number of aromatic hydroxyl groups is 1. The van der Waals surface area contributed by atoms with Crippen molar-refractivity contribution in [2.45, 2.75) is 70.8 Å². The summed E-state index contributed by atoms with van der Waals surface area (Å²) in [5, 5.41) is 18.1. The molecule has 1 aromatic heterocycles. The fraction of sp³-hybridized carbons (Fsp3) is 0.609. The normalized spacial score (nSPS) is 32.0. The first kappa shape index (κ1) is 20.0. The van der Waals surface area contributed by atoms with Gasteiger partial charge in [-0.1, -0.05) is 13.8 Å². The van der Waals surface area contributed by atoms with Crippen LogP contribution >= 0.6 is 15.9 Å². The molecule has 2 aromatic rings. The van der Waals surface area contributed by atoms with Crippen LogP contribution in [-0.2, 0) is 10.3 Å². The third-order valence-corrected chi connectivity index (χ3v) is 8.07. The number of anilines is 1. The van der Waals surface area contributed by atoms with Gasteiger partial charge in [-0.05, 0) is 102 Å². The summed E-state index contributed by atoms with van der Waals surface area (Å²) in [6.45, 7) is 6.04. The molecule has 4 fully saturated rings. The van der Waals surface area contributed by atoms with Gasteiger partial charge in [0.1, 0.15) is 12.1 Å². The molecular weight excluding hydrogens is 444 g/mol. The lowest BCUT2D eigenvalue weighted by molar-refractivity contribution is -0.150. The van der Waals surface area contributed by atoms with E-state index >= 15 is 0 Å². The van der Waals surface area contributed by atoms with Crippen LogP contribution < -0.4 is 5.32 Å². The zero-order valence-corrected chi connectivity index (χ0v) is 19.4. The molecule has 160 valence electrons. The van der Waals surface area contributed by atoms with Crippen molar-refractivity contribution in [3.8, 4) is 5.75 Å². The average molecular weight is 473 g/mol. The predicted molar refractivity (Wildman–Crippen MR) is 118 cm³/mol. The van der Waals surface area contributed by atoms with Gasteiger partial charge in [0, 0.05) is 5.69 Å². The highest BCUT2D eigenvalue weighted by Crippen LogP contribution is 2.64. The van der Waals surface area contributed by atoms with Crippen LogP contribution in [0.1, 0.15) is 69.4 Å². The maximum absolute atomic E-state index is 13.7. The molecule has 2 N–H and O–H groups in total. The fourth-order valence-corrected chi connectivity index (χ4v) is 7.04. The number of aryl methyl sites for hydroxylation is 1. The van der Waals surface area contributed by atoms with Crippen LogP contribution in [0.4, 0.5) is 5.69 Å². The standard InChI is InChI=1S/C23H29BrN4O2/c1-13(2)17-6-18(14(3)4-19(17)29)26-20(30)22-7-15-5-16(8-22)10-23(9-15,11-22)28-12-25-21(24)27-28/h4,6,12-13,15-16,29H,5,7-11H2,1-3H3,(H,26,30)/t15-,16+,22?,23?. The molecule has 2 unspecified atom stereocenters. The van der Waals surface area contributed by atoms with Crippen molar-refractivity contribution in [3.05, 3.63) is 34.3 Å². The van der Waals surface area contributed by atoms with Crippen molar-refractivity contribution in [1.82, 2.24) is 14.8 Å². The fourth-order valence-electron chi connectivity index (χ4n) is 6.78. The summed E-state index contributed by atoms with van der Waals surface area (Å²) in [6, 6.07) is 3.71. The molecule has 6 nitrogen and oxygen atoms in total. The van der Waals surface area contributed by atoms with Crippen LogP contribution in [0.5, 0.6) is 5.75 Å². The van der Waals surface area contributed by atoms with Gasteiger partial charge in [0.25, 0.3) is 0 Å². The number of carbonyl (C=O) groups is 1. The summed E-state index contributed by atoms with van der Waals surface area (Å²) in [6.07, 6.45) is 7.96. The lowest BCUT2D eigenvalue weighted by atomic mass is 9.46. The summed E-state index contributed by atoms with van der Waals surface area (Å²) in [7, 11) is 0. The minimum absolute atomic E-state index is 0.104. The largest absolute Gasteiger partial charge is 0.508 e. The van der Waals surface area contributed by atoms with Crippen molar-refractivity contribution in [2.24, 2.45) is 17.3 Å². The van der Waals surface area contributed by atoms with Gasteiger partial charge in [-0.2, -0.15) is 0 Å². The minimum Gasteiger partial charge on any atom is -0.508 e. The molecule has 0 saturated heterocycles. The van der Waals surface area contributed by atoms with Crippen molar-refractivity contribution in [3.63, 3.8) is 0 Å². The first-order chi connectivity index (χ1) is 14.2. The molecule has 7 heteroatoms. The average Bonchev–Trinajstić information content (AvgIpc) is 3.10. The Morgan fingerprint density at radius 2 is 1.97 bits per heavy atom. The van der Waals surface area contributed by atoms with Crippen LogP contribution in [0.25, 0.3) is 0 Å². The number of halogens is 1. The quantitative estimate of drug-likeness (QED) is 0.605. The van der Waals surface area contributed by atoms with E-state index in [2.05, 4.69) is 45.2 Å². The highest BCUT2D eigenvalue weighted by atomic mass is 79.9. The lowest BCUT2D eigenvalue weighted by Crippen LogP contribution is -2.60. The molecule has 4 aliphatic rings. The molecule has 6 rings (SSSR count). The van der Waals surface area contributed by atoms with E-state index in [0.717, 1.165) is 48.9 Å². The maximum atomic E-state index is 13.7. The van der Waals surface area contributed by atoms with E-state index in [-0.39, 0.29) is 22.8 Å². The Morgan fingerprint density at radius 1 is 1.27 bits per heavy atom. The number of rotatable bonds is 4. The van der Waals surface area contributed by atoms with E-state index in [1.165, 1.54) is 6.42 Å². The number of hydrogen-bond acceptors (Lipinski definition) is 4. The van der Waals surface area contributed by atoms with E-state index in [1.807, 2.05) is 24.0 Å². The van der Waals surface area contributed by atoms with Gasteiger partial charge in [-0.25, -0.2) is 9.67 Å². The van der Waals surface area contributed by atoms with Gasteiger partial charge < -0.3 is 10.4 Å². The number of nitrogens with one attached hydrogen (secondary N) is 1. The van der Waals surface area contributed by atoms with Crippen LogP contribution in [0.15, 0.2) is 23.2 Å². The molecule has 0 radical (unpaired) electrons. The molecular formula is C23H29BrN4O2. The summed E-state index contributed by atoms with van der Waals surface area (Å²) >= 11 is 3.39. The van der Waals surface area contributed by atoms with Crippen LogP contribution in [0.2, 0.25) is 0 Å². The third-order valence-electron chi connectivity index (χ3n) is 7.71. The third kappa shape index (κ3) is 3.08. The summed E-state index contributed by atoms with van der Waals surface area (Å²) in [4.78, 5) is 18.0. The van der Waals surface area contributed by atoms with Crippen molar-refractivity contribution in [2.75, 3.05) is 5.32 Å². The number of amides is 1. The molecule has 4 saturated carbocycles. The number of benzene rings is 1. The number of phenolic OH excluding ortho intramolecular Hbond substituents is 1. The number of hydrogen-bond donors (Lipinski definition) is 2. The molecule has 30 heavy (non-hydrogen) atoms. The zero-order chi connectivity index (χ0) is 21.3. The van der Waals surface area contributed by atoms with Gasteiger partial charge >= 0.3 is 0 Å². The second-order valence-corrected chi connectivity index (χ2v) is 11.0. The molecule has 1 heterocycles. The Bertz CT molecular complexity index is 1000. The zero-order valence-electron chi connectivity index (χ0n) is 17.8. The molecule has 1 amide bonds. The van der Waals surface area contributed by atoms with E-state index in [9.17, 15) is 9.90 Å². The number of aromatic nitrogens is 3.